The molecule has 2 amide bonds. The van der Waals surface area contributed by atoms with Crippen LogP contribution in [0.1, 0.15) is 42.6 Å². The van der Waals surface area contributed by atoms with Crippen molar-refractivity contribution in [2.45, 2.75) is 38.7 Å². The maximum atomic E-state index is 12.6. The van der Waals surface area contributed by atoms with Gasteiger partial charge in [-0.1, -0.05) is 99.2 Å². The van der Waals surface area contributed by atoms with Crippen molar-refractivity contribution in [1.29, 1.82) is 0 Å². The van der Waals surface area contributed by atoms with Gasteiger partial charge in [0.2, 0.25) is 5.91 Å². The van der Waals surface area contributed by atoms with Crippen molar-refractivity contribution in [2.24, 2.45) is 5.41 Å². The quantitative estimate of drug-likeness (QED) is 0.189. The molecule has 2 aromatic rings. The van der Waals surface area contributed by atoms with Crippen LogP contribution in [0.2, 0.25) is 0 Å². The molecule has 0 bridgehead atoms. The second-order valence-corrected chi connectivity index (χ2v) is 11.4. The fourth-order valence-corrected chi connectivity index (χ4v) is 5.28. The van der Waals surface area contributed by atoms with E-state index in [2.05, 4.69) is 26.3 Å². The molecule has 0 spiro atoms. The molecule has 2 atom stereocenters. The summed E-state index contributed by atoms with van der Waals surface area (Å²) in [6.07, 6.45) is 8.49. The van der Waals surface area contributed by atoms with E-state index in [4.69, 9.17) is 14.2 Å². The number of morpholine rings is 1. The topological polar surface area (TPSA) is 102 Å². The summed E-state index contributed by atoms with van der Waals surface area (Å²) in [7, 11) is 0. The molecule has 0 N–H and O–H groups in total. The van der Waals surface area contributed by atoms with E-state index >= 15 is 0 Å². The van der Waals surface area contributed by atoms with Crippen LogP contribution in [0.15, 0.2) is 111 Å². The molecular weight excluding hydrogens is 596 g/mol. The maximum absolute atomic E-state index is 12.6. The lowest BCUT2D eigenvalue weighted by Gasteiger charge is -2.40. The summed E-state index contributed by atoms with van der Waals surface area (Å²) >= 11 is 0. The number of ether oxygens (including phenoxy) is 3. The number of rotatable bonds is 10. The lowest BCUT2D eigenvalue weighted by Crippen LogP contribution is -2.56. The van der Waals surface area contributed by atoms with Gasteiger partial charge in [-0.15, -0.1) is 0 Å². The minimum absolute atomic E-state index is 0.00802. The first-order valence-corrected chi connectivity index (χ1v) is 15.6. The molecule has 252 valence electrons. The Bertz CT molecular complexity index is 1350. The highest BCUT2D eigenvalue weighted by molar-refractivity contribution is 5.95. The first-order chi connectivity index (χ1) is 22.6. The zero-order valence-corrected chi connectivity index (χ0v) is 27.7. The second kappa shape index (κ2) is 19.7. The Labute approximate surface area is 279 Å². The van der Waals surface area contributed by atoms with E-state index in [0.29, 0.717) is 38.2 Å². The number of hydrogen-bond acceptors (Lipinski definition) is 7. The predicted octanol–water partition coefficient (Wildman–Crippen LogP) is 5.59. The van der Waals surface area contributed by atoms with Gasteiger partial charge in [0.1, 0.15) is 13.2 Å². The number of carbonyl (C=O) groups excluding carboxylic acids is 4. The van der Waals surface area contributed by atoms with Crippen LogP contribution in [-0.4, -0.2) is 85.2 Å². The van der Waals surface area contributed by atoms with Gasteiger partial charge in [-0.25, -0.2) is 4.79 Å². The van der Waals surface area contributed by atoms with Gasteiger partial charge in [0, 0.05) is 32.1 Å². The van der Waals surface area contributed by atoms with Gasteiger partial charge in [-0.05, 0) is 43.9 Å². The molecule has 2 aliphatic heterocycles. The molecule has 2 unspecified atom stereocenters. The molecule has 0 aliphatic carbocycles. The van der Waals surface area contributed by atoms with E-state index < -0.39 is 17.0 Å². The Morgan fingerprint density at radius 3 is 1.94 bits per heavy atom. The third-order valence-electron chi connectivity index (χ3n) is 7.69. The average molecular weight is 645 g/mol. The number of esters is 2. The average Bonchev–Trinajstić information content (AvgIpc) is 3.10. The predicted molar refractivity (Wildman–Crippen MR) is 183 cm³/mol. The third kappa shape index (κ3) is 11.8. The van der Waals surface area contributed by atoms with Crippen molar-refractivity contribution in [1.82, 2.24) is 9.80 Å². The molecule has 0 radical (unpaired) electrons. The molecule has 0 saturated carbocycles. The van der Waals surface area contributed by atoms with E-state index in [1.165, 1.54) is 6.08 Å². The lowest BCUT2D eigenvalue weighted by molar-refractivity contribution is -0.177. The summed E-state index contributed by atoms with van der Waals surface area (Å²) in [6.45, 7) is 19.4. The van der Waals surface area contributed by atoms with Crippen molar-refractivity contribution in [3.63, 3.8) is 0 Å². The van der Waals surface area contributed by atoms with Gasteiger partial charge in [-0.2, -0.15) is 0 Å². The lowest BCUT2D eigenvalue weighted by atomic mass is 9.75. The van der Waals surface area contributed by atoms with E-state index in [0.717, 1.165) is 18.4 Å². The Morgan fingerprint density at radius 1 is 0.809 bits per heavy atom. The first kappa shape index (κ1) is 38.4. The van der Waals surface area contributed by atoms with E-state index in [9.17, 15) is 19.2 Å². The molecule has 2 aromatic carbocycles. The highest BCUT2D eigenvalue weighted by Gasteiger charge is 2.44. The van der Waals surface area contributed by atoms with Crippen LogP contribution in [-0.2, 0) is 35.0 Å². The molecule has 0 aromatic heterocycles. The molecule has 2 heterocycles. The van der Waals surface area contributed by atoms with E-state index in [-0.39, 0.29) is 37.5 Å². The van der Waals surface area contributed by atoms with Gasteiger partial charge in [0.05, 0.1) is 18.6 Å². The summed E-state index contributed by atoms with van der Waals surface area (Å²) in [5, 5.41) is 0. The minimum atomic E-state index is -1.13. The Hall–Kier alpha value is -4.76. The molecular formula is C38H48N2O7. The van der Waals surface area contributed by atoms with Crippen molar-refractivity contribution in [2.75, 3.05) is 46.0 Å². The normalized spacial score (nSPS) is 20.0. The Balaban J connectivity index is 0.000000294. The number of amides is 2. The molecule has 47 heavy (non-hydrogen) atoms. The molecule has 9 heteroatoms. The number of hydrogen-bond donors (Lipinski definition) is 0. The SMILES string of the molecule is C=CC=C.C=CCOC(=O)C1(C)CN(C(=O)c2ccccc2)CCO1.C=CCOC(=O)C1(Cc2ccccc2)CCCN(C(C)=O)C1. The molecule has 2 aliphatic rings. The minimum Gasteiger partial charge on any atom is -0.461 e. The van der Waals surface area contributed by atoms with E-state index in [1.807, 2.05) is 48.5 Å². The van der Waals surface area contributed by atoms with Crippen LogP contribution in [0.3, 0.4) is 0 Å². The fraction of sp³-hybridized carbons (Fsp3) is 0.368. The maximum Gasteiger partial charge on any atom is 0.340 e. The summed E-state index contributed by atoms with van der Waals surface area (Å²) in [5.74, 6) is -0.814. The van der Waals surface area contributed by atoms with Gasteiger partial charge >= 0.3 is 11.9 Å². The second-order valence-electron chi connectivity index (χ2n) is 11.4. The van der Waals surface area contributed by atoms with Crippen LogP contribution in [0.5, 0.6) is 0 Å². The summed E-state index contributed by atoms with van der Waals surface area (Å²) in [4.78, 5) is 52.2. The monoisotopic (exact) mass is 644 g/mol. The van der Waals surface area contributed by atoms with Crippen LogP contribution in [0, 0.1) is 5.41 Å². The smallest absolute Gasteiger partial charge is 0.340 e. The number of benzene rings is 2. The van der Waals surface area contributed by atoms with E-state index in [1.54, 1.807) is 54.0 Å². The van der Waals surface area contributed by atoms with Crippen LogP contribution in [0.25, 0.3) is 0 Å². The Kier molecular flexibility index (Phi) is 16.1. The van der Waals surface area contributed by atoms with Gasteiger partial charge in [-0.3, -0.25) is 14.4 Å². The third-order valence-corrected chi connectivity index (χ3v) is 7.69. The highest BCUT2D eigenvalue weighted by atomic mass is 16.6. The molecule has 9 nitrogen and oxygen atoms in total. The fourth-order valence-electron chi connectivity index (χ4n) is 5.28. The number of nitrogens with zero attached hydrogens (tertiary/aromatic N) is 2. The van der Waals surface area contributed by atoms with Crippen molar-refractivity contribution in [3.05, 3.63) is 122 Å². The standard InChI is InChI=1S/C18H23NO3.C16H19NO4.C4H6/c1-3-12-22-17(21)18(13-16-8-5-4-6-9-16)10-7-11-19(14-18)15(2)20;1-3-10-20-15(19)16(2)12-17(9-11-21-16)14(18)13-7-5-4-6-8-13;1-3-4-2/h3-6,8-9H,1,7,10-14H2,2H3;3-8H,1,9-12H2,2H3;3-4H,1-2H2. The molecule has 4 rings (SSSR count). The summed E-state index contributed by atoms with van der Waals surface area (Å²) in [5.41, 5.74) is -0.107. The molecule has 2 fully saturated rings. The Morgan fingerprint density at radius 2 is 1.38 bits per heavy atom. The number of piperidine rings is 1. The van der Waals surface area contributed by atoms with Crippen LogP contribution < -0.4 is 0 Å². The van der Waals surface area contributed by atoms with Crippen molar-refractivity contribution >= 4 is 23.8 Å². The largest absolute Gasteiger partial charge is 0.461 e. The van der Waals surface area contributed by atoms with Crippen LogP contribution in [0.4, 0.5) is 0 Å². The van der Waals surface area contributed by atoms with Gasteiger partial charge in [0.15, 0.2) is 5.60 Å². The van der Waals surface area contributed by atoms with Crippen molar-refractivity contribution in [3.8, 4) is 0 Å². The zero-order valence-electron chi connectivity index (χ0n) is 27.7. The first-order valence-electron chi connectivity index (χ1n) is 15.6. The van der Waals surface area contributed by atoms with Crippen LogP contribution >= 0.6 is 0 Å². The summed E-state index contributed by atoms with van der Waals surface area (Å²) < 4.78 is 15.9. The van der Waals surface area contributed by atoms with Gasteiger partial charge in [0.25, 0.3) is 5.91 Å². The van der Waals surface area contributed by atoms with Crippen molar-refractivity contribution < 1.29 is 33.4 Å². The number of allylic oxidation sites excluding steroid dienone is 2. The van der Waals surface area contributed by atoms with Gasteiger partial charge < -0.3 is 24.0 Å². The molecule has 2 saturated heterocycles. The number of carbonyl (C=O) groups is 4. The number of likely N-dealkylation sites (tertiary alicyclic amines) is 1. The highest BCUT2D eigenvalue weighted by Crippen LogP contribution is 2.35. The zero-order chi connectivity index (χ0) is 34.7. The summed E-state index contributed by atoms with van der Waals surface area (Å²) in [6, 6.07) is 18.9.